The van der Waals surface area contributed by atoms with E-state index in [-0.39, 0.29) is 13.0 Å². The molecule has 0 spiro atoms. The number of carbonyl (C=O) groups is 2. The van der Waals surface area contributed by atoms with E-state index in [0.717, 1.165) is 0 Å². The molecule has 122 valence electrons. The van der Waals surface area contributed by atoms with Crippen LogP contribution < -0.4 is 5.32 Å². The molecule has 0 aliphatic carbocycles. The summed E-state index contributed by atoms with van der Waals surface area (Å²) in [5, 5.41) is 11.8. The van der Waals surface area contributed by atoms with Crippen LogP contribution in [0.15, 0.2) is 22.7 Å². The lowest BCUT2D eigenvalue weighted by molar-refractivity contribution is -0.154. The summed E-state index contributed by atoms with van der Waals surface area (Å²) < 4.78 is 18.9. The van der Waals surface area contributed by atoms with Gasteiger partial charge in [0.2, 0.25) is 0 Å². The Morgan fingerprint density at radius 2 is 2.00 bits per heavy atom. The van der Waals surface area contributed by atoms with Gasteiger partial charge >= 0.3 is 11.9 Å². The topological polar surface area (TPSA) is 75.6 Å². The number of rotatable bonds is 6. The van der Waals surface area contributed by atoms with Crippen molar-refractivity contribution >= 4 is 27.9 Å². The van der Waals surface area contributed by atoms with Crippen molar-refractivity contribution in [3.63, 3.8) is 0 Å². The monoisotopic (exact) mass is 375 g/mol. The molecule has 0 saturated carbocycles. The van der Waals surface area contributed by atoms with E-state index in [9.17, 15) is 19.1 Å². The Bertz CT molecular complexity index is 537. The molecule has 0 heterocycles. The van der Waals surface area contributed by atoms with Gasteiger partial charge in [0, 0.05) is 4.47 Å². The minimum absolute atomic E-state index is 0.0501. The van der Waals surface area contributed by atoms with Crippen LogP contribution in [-0.4, -0.2) is 35.2 Å². The molecule has 0 bridgehead atoms. The summed E-state index contributed by atoms with van der Waals surface area (Å²) in [6.45, 7) is 4.95. The minimum Gasteiger partial charge on any atom is -0.480 e. The summed E-state index contributed by atoms with van der Waals surface area (Å²) in [6.07, 6.45) is 0.0501. The smallest absolute Gasteiger partial charge is 0.321 e. The van der Waals surface area contributed by atoms with Gasteiger partial charge in [0.05, 0.1) is 6.54 Å². The van der Waals surface area contributed by atoms with Gasteiger partial charge in [-0.05, 0) is 51.0 Å². The number of halogens is 2. The molecule has 0 fully saturated rings. The van der Waals surface area contributed by atoms with Crippen LogP contribution >= 0.6 is 15.9 Å². The van der Waals surface area contributed by atoms with Gasteiger partial charge in [-0.3, -0.25) is 14.9 Å². The minimum atomic E-state index is -1.12. The number of carboxylic acids is 1. The van der Waals surface area contributed by atoms with Crippen LogP contribution in [0.3, 0.4) is 0 Å². The molecule has 0 aliphatic heterocycles. The molecule has 1 rings (SSSR count). The average molecular weight is 376 g/mol. The Morgan fingerprint density at radius 1 is 1.36 bits per heavy atom. The molecule has 7 heteroatoms. The van der Waals surface area contributed by atoms with Crippen LogP contribution in [0, 0.1) is 5.82 Å². The largest absolute Gasteiger partial charge is 0.480 e. The highest BCUT2D eigenvalue weighted by atomic mass is 79.9. The highest BCUT2D eigenvalue weighted by Crippen LogP contribution is 2.16. The molecule has 0 amide bonds. The van der Waals surface area contributed by atoms with Gasteiger partial charge in [0.1, 0.15) is 17.5 Å². The SMILES string of the molecule is CC(C)(C)OC(=O)CNC(Cc1cc(F)cc(Br)c1)C(=O)O. The van der Waals surface area contributed by atoms with Crippen LogP contribution in [0.2, 0.25) is 0 Å². The van der Waals surface area contributed by atoms with Gasteiger partial charge in [-0.15, -0.1) is 0 Å². The summed E-state index contributed by atoms with van der Waals surface area (Å²) in [6, 6.07) is 3.17. The zero-order chi connectivity index (χ0) is 16.9. The average Bonchev–Trinajstić information content (AvgIpc) is 2.30. The van der Waals surface area contributed by atoms with E-state index in [1.807, 2.05) is 0 Å². The number of aliphatic carboxylic acids is 1. The fraction of sp³-hybridized carbons (Fsp3) is 0.467. The lowest BCUT2D eigenvalue weighted by Gasteiger charge is -2.21. The van der Waals surface area contributed by atoms with Crippen molar-refractivity contribution in [2.75, 3.05) is 6.54 Å². The first-order valence-electron chi connectivity index (χ1n) is 6.70. The zero-order valence-electron chi connectivity index (χ0n) is 12.7. The third-order valence-electron chi connectivity index (χ3n) is 2.57. The Morgan fingerprint density at radius 3 is 2.50 bits per heavy atom. The number of nitrogens with one attached hydrogen (secondary N) is 1. The maximum absolute atomic E-state index is 13.3. The number of ether oxygens (including phenoxy) is 1. The summed E-state index contributed by atoms with van der Waals surface area (Å²) in [5.74, 6) is -2.12. The van der Waals surface area contributed by atoms with Crippen LogP contribution in [-0.2, 0) is 20.7 Å². The predicted molar refractivity (Wildman–Crippen MR) is 83.1 cm³/mol. The van der Waals surface area contributed by atoms with Crippen molar-refractivity contribution < 1.29 is 23.8 Å². The molecule has 0 saturated heterocycles. The quantitative estimate of drug-likeness (QED) is 0.747. The van der Waals surface area contributed by atoms with Crippen LogP contribution in [0.25, 0.3) is 0 Å². The molecular formula is C15H19BrFNO4. The van der Waals surface area contributed by atoms with Crippen molar-refractivity contribution in [2.45, 2.75) is 38.8 Å². The second-order valence-electron chi connectivity index (χ2n) is 5.84. The molecule has 1 unspecified atom stereocenters. The molecule has 2 N–H and O–H groups in total. The number of benzene rings is 1. The molecule has 1 atom stereocenters. The molecule has 1 aromatic carbocycles. The summed E-state index contributed by atoms with van der Waals surface area (Å²) in [5.41, 5.74) is -0.124. The summed E-state index contributed by atoms with van der Waals surface area (Å²) >= 11 is 3.15. The predicted octanol–water partition coefficient (Wildman–Crippen LogP) is 2.52. The van der Waals surface area contributed by atoms with E-state index in [2.05, 4.69) is 21.2 Å². The maximum Gasteiger partial charge on any atom is 0.321 e. The van der Waals surface area contributed by atoms with Gasteiger partial charge in [-0.2, -0.15) is 0 Å². The Hall–Kier alpha value is -1.47. The highest BCUT2D eigenvalue weighted by Gasteiger charge is 2.21. The van der Waals surface area contributed by atoms with Crippen LogP contribution in [0.4, 0.5) is 4.39 Å². The van der Waals surface area contributed by atoms with Crippen LogP contribution in [0.5, 0.6) is 0 Å². The second-order valence-corrected chi connectivity index (χ2v) is 6.76. The first kappa shape index (κ1) is 18.6. The molecule has 0 aliphatic rings. The first-order valence-corrected chi connectivity index (χ1v) is 7.49. The summed E-state index contributed by atoms with van der Waals surface area (Å²) in [7, 11) is 0. The standard InChI is InChI=1S/C15H19BrFNO4/c1-15(2,3)22-13(19)8-18-12(14(20)21)6-9-4-10(16)7-11(17)5-9/h4-5,7,12,18H,6,8H2,1-3H3,(H,20,21). The fourth-order valence-corrected chi connectivity index (χ4v) is 2.31. The van der Waals surface area contributed by atoms with Crippen molar-refractivity contribution in [1.29, 1.82) is 0 Å². The van der Waals surface area contributed by atoms with Crippen molar-refractivity contribution in [2.24, 2.45) is 0 Å². The van der Waals surface area contributed by atoms with Crippen LogP contribution in [0.1, 0.15) is 26.3 Å². The van der Waals surface area contributed by atoms with Crippen molar-refractivity contribution in [1.82, 2.24) is 5.32 Å². The van der Waals surface area contributed by atoms with Gasteiger partial charge in [0.25, 0.3) is 0 Å². The Kier molecular flexibility index (Phi) is 6.49. The number of hydrogen-bond acceptors (Lipinski definition) is 4. The summed E-state index contributed by atoms with van der Waals surface area (Å²) in [4.78, 5) is 22.9. The molecule has 22 heavy (non-hydrogen) atoms. The maximum atomic E-state index is 13.3. The lowest BCUT2D eigenvalue weighted by Crippen LogP contribution is -2.42. The van der Waals surface area contributed by atoms with E-state index in [1.54, 1.807) is 26.8 Å². The molecule has 0 aromatic heterocycles. The molecule has 5 nitrogen and oxygen atoms in total. The van der Waals surface area contributed by atoms with E-state index >= 15 is 0 Å². The lowest BCUT2D eigenvalue weighted by atomic mass is 10.1. The fourth-order valence-electron chi connectivity index (χ4n) is 1.80. The van der Waals surface area contributed by atoms with Gasteiger partial charge in [0.15, 0.2) is 0 Å². The normalized spacial score (nSPS) is 12.8. The number of hydrogen-bond donors (Lipinski definition) is 2. The van der Waals surface area contributed by atoms with Crippen molar-refractivity contribution in [3.05, 3.63) is 34.1 Å². The third kappa shape index (κ3) is 7.00. The third-order valence-corrected chi connectivity index (χ3v) is 3.03. The number of carbonyl (C=O) groups excluding carboxylic acids is 1. The Balaban J connectivity index is 2.66. The molecule has 0 radical (unpaired) electrons. The van der Waals surface area contributed by atoms with E-state index in [4.69, 9.17) is 4.74 Å². The van der Waals surface area contributed by atoms with Gasteiger partial charge < -0.3 is 9.84 Å². The molecular weight excluding hydrogens is 357 g/mol. The Labute approximate surface area is 137 Å². The first-order chi connectivity index (χ1) is 10.1. The van der Waals surface area contributed by atoms with E-state index < -0.39 is 29.4 Å². The van der Waals surface area contributed by atoms with Gasteiger partial charge in [-0.25, -0.2) is 4.39 Å². The molecule has 1 aromatic rings. The van der Waals surface area contributed by atoms with E-state index in [0.29, 0.717) is 10.0 Å². The van der Waals surface area contributed by atoms with Gasteiger partial charge in [-0.1, -0.05) is 15.9 Å². The highest BCUT2D eigenvalue weighted by molar-refractivity contribution is 9.10. The number of esters is 1. The van der Waals surface area contributed by atoms with E-state index in [1.165, 1.54) is 12.1 Å². The second kappa shape index (κ2) is 7.69. The number of carboxylic acid groups (broad SMARTS) is 1. The van der Waals surface area contributed by atoms with Crippen molar-refractivity contribution in [3.8, 4) is 0 Å². The zero-order valence-corrected chi connectivity index (χ0v) is 14.2.